The summed E-state index contributed by atoms with van der Waals surface area (Å²) in [6, 6.07) is 16.1. The van der Waals surface area contributed by atoms with E-state index in [0.717, 1.165) is 30.1 Å². The van der Waals surface area contributed by atoms with Gasteiger partial charge < -0.3 is 24.6 Å². The number of carbonyl (C=O) groups is 2. The Kier molecular flexibility index (Phi) is 7.20. The summed E-state index contributed by atoms with van der Waals surface area (Å²) in [5.74, 6) is 0.830. The maximum Gasteiger partial charge on any atom is 0.236 e. The van der Waals surface area contributed by atoms with Crippen molar-refractivity contribution in [1.29, 1.82) is 0 Å². The molecule has 2 fully saturated rings. The number of piperazine rings is 1. The van der Waals surface area contributed by atoms with Gasteiger partial charge in [0.1, 0.15) is 5.75 Å². The van der Waals surface area contributed by atoms with Crippen molar-refractivity contribution >= 4 is 17.5 Å². The summed E-state index contributed by atoms with van der Waals surface area (Å²) in [7, 11) is 1.68. The summed E-state index contributed by atoms with van der Waals surface area (Å²) in [4.78, 5) is 32.8. The summed E-state index contributed by atoms with van der Waals surface area (Å²) in [6.45, 7) is 5.63. The van der Waals surface area contributed by atoms with Gasteiger partial charge in [0.25, 0.3) is 0 Å². The number of ether oxygens (including phenoxy) is 2. The Labute approximate surface area is 206 Å². The number of fused-ring (bicyclic) bond motifs is 3. The van der Waals surface area contributed by atoms with Crippen LogP contribution in [0.1, 0.15) is 11.1 Å². The summed E-state index contributed by atoms with van der Waals surface area (Å²) < 4.78 is 10.9. The van der Waals surface area contributed by atoms with Crippen molar-refractivity contribution < 1.29 is 19.1 Å². The third kappa shape index (κ3) is 5.28. The van der Waals surface area contributed by atoms with E-state index >= 15 is 0 Å². The molecule has 0 bridgehead atoms. The Hall–Kier alpha value is -3.10. The van der Waals surface area contributed by atoms with E-state index in [1.807, 2.05) is 41.3 Å². The van der Waals surface area contributed by atoms with Gasteiger partial charge in [0.05, 0.1) is 38.8 Å². The molecule has 0 aliphatic carbocycles. The number of rotatable bonds is 6. The molecule has 0 unspecified atom stereocenters. The first-order valence-electron chi connectivity index (χ1n) is 12.5. The lowest BCUT2D eigenvalue weighted by molar-refractivity contribution is -0.136. The fourth-order valence-corrected chi connectivity index (χ4v) is 5.43. The molecule has 2 aromatic rings. The van der Waals surface area contributed by atoms with Crippen molar-refractivity contribution in [3.63, 3.8) is 0 Å². The van der Waals surface area contributed by atoms with E-state index in [1.165, 1.54) is 5.56 Å². The van der Waals surface area contributed by atoms with Crippen molar-refractivity contribution in [3.05, 3.63) is 59.7 Å². The molecule has 5 rings (SSSR count). The van der Waals surface area contributed by atoms with E-state index in [9.17, 15) is 9.59 Å². The predicted octanol–water partition coefficient (Wildman–Crippen LogP) is 1.53. The third-order valence-electron chi connectivity index (χ3n) is 7.38. The van der Waals surface area contributed by atoms with Gasteiger partial charge in [-0.1, -0.05) is 36.4 Å². The quantitative estimate of drug-likeness (QED) is 0.679. The molecule has 3 heterocycles. The summed E-state index contributed by atoms with van der Waals surface area (Å²) in [5.41, 5.74) is 3.39. The molecule has 8 nitrogen and oxygen atoms in total. The Morgan fingerprint density at radius 1 is 1.06 bits per heavy atom. The van der Waals surface area contributed by atoms with Crippen molar-refractivity contribution in [3.8, 4) is 5.75 Å². The average molecular weight is 479 g/mol. The Morgan fingerprint density at radius 2 is 1.86 bits per heavy atom. The molecule has 3 aliphatic rings. The SMILES string of the molecule is COc1ccc2c(c1)N1CCN(CC(=O)N3CCOCC3)C[C@@H]1[C@@H](C(=O)NCc1ccccc1)C2. The van der Waals surface area contributed by atoms with E-state index in [4.69, 9.17) is 9.47 Å². The molecule has 0 spiro atoms. The van der Waals surface area contributed by atoms with Crippen LogP contribution >= 0.6 is 0 Å². The van der Waals surface area contributed by atoms with Gasteiger partial charge in [-0.25, -0.2) is 0 Å². The van der Waals surface area contributed by atoms with Crippen LogP contribution in [0.25, 0.3) is 0 Å². The molecule has 0 aromatic heterocycles. The molecule has 0 saturated carbocycles. The van der Waals surface area contributed by atoms with Gasteiger partial charge >= 0.3 is 0 Å². The van der Waals surface area contributed by atoms with E-state index in [0.29, 0.717) is 52.4 Å². The van der Waals surface area contributed by atoms with Crippen LogP contribution in [0.5, 0.6) is 5.75 Å². The number of anilines is 1. The van der Waals surface area contributed by atoms with Crippen molar-refractivity contribution in [2.75, 3.05) is 64.5 Å². The van der Waals surface area contributed by atoms with Gasteiger partial charge in [-0.2, -0.15) is 0 Å². The lowest BCUT2D eigenvalue weighted by Crippen LogP contribution is -2.62. The lowest BCUT2D eigenvalue weighted by atomic mass is 9.83. The predicted molar refractivity (Wildman–Crippen MR) is 133 cm³/mol. The van der Waals surface area contributed by atoms with E-state index in [2.05, 4.69) is 27.2 Å². The third-order valence-corrected chi connectivity index (χ3v) is 7.38. The number of hydrogen-bond acceptors (Lipinski definition) is 6. The van der Waals surface area contributed by atoms with Gasteiger partial charge in [0.2, 0.25) is 11.8 Å². The number of amides is 2. The van der Waals surface area contributed by atoms with Gasteiger partial charge in [0.15, 0.2) is 0 Å². The minimum Gasteiger partial charge on any atom is -0.497 e. The number of nitrogens with one attached hydrogen (secondary N) is 1. The molecule has 0 radical (unpaired) electrons. The monoisotopic (exact) mass is 478 g/mol. The number of morpholine rings is 1. The van der Waals surface area contributed by atoms with Crippen LogP contribution in [0.3, 0.4) is 0 Å². The second-order valence-electron chi connectivity index (χ2n) is 9.50. The fraction of sp³-hybridized carbons (Fsp3) is 0.481. The van der Waals surface area contributed by atoms with Gasteiger partial charge in [-0.15, -0.1) is 0 Å². The number of carbonyl (C=O) groups excluding carboxylic acids is 2. The molecule has 2 saturated heterocycles. The molecule has 1 N–H and O–H groups in total. The van der Waals surface area contributed by atoms with Crippen molar-refractivity contribution in [2.24, 2.45) is 5.92 Å². The summed E-state index contributed by atoms with van der Waals surface area (Å²) in [6.07, 6.45) is 0.673. The second-order valence-corrected chi connectivity index (χ2v) is 9.50. The Balaban J connectivity index is 1.33. The highest BCUT2D eigenvalue weighted by atomic mass is 16.5. The van der Waals surface area contributed by atoms with Gasteiger partial charge in [0, 0.05) is 51.0 Å². The normalized spacial score (nSPS) is 22.2. The van der Waals surface area contributed by atoms with Crippen LogP contribution in [0, 0.1) is 5.92 Å². The maximum atomic E-state index is 13.5. The summed E-state index contributed by atoms with van der Waals surface area (Å²) >= 11 is 0. The van der Waals surface area contributed by atoms with Gasteiger partial charge in [-0.3, -0.25) is 14.5 Å². The van der Waals surface area contributed by atoms with E-state index in [1.54, 1.807) is 7.11 Å². The molecule has 2 amide bonds. The smallest absolute Gasteiger partial charge is 0.236 e. The second kappa shape index (κ2) is 10.7. The summed E-state index contributed by atoms with van der Waals surface area (Å²) in [5, 5.41) is 3.16. The topological polar surface area (TPSA) is 74.3 Å². The number of benzene rings is 2. The Morgan fingerprint density at radius 3 is 2.63 bits per heavy atom. The highest BCUT2D eigenvalue weighted by Gasteiger charge is 2.42. The zero-order valence-electron chi connectivity index (χ0n) is 20.3. The van der Waals surface area contributed by atoms with E-state index < -0.39 is 0 Å². The van der Waals surface area contributed by atoms with Crippen LogP contribution in [0.4, 0.5) is 5.69 Å². The van der Waals surface area contributed by atoms with E-state index in [-0.39, 0.29) is 23.8 Å². The molecule has 8 heteroatoms. The molecule has 35 heavy (non-hydrogen) atoms. The van der Waals surface area contributed by atoms with Crippen molar-refractivity contribution in [1.82, 2.24) is 15.1 Å². The van der Waals surface area contributed by atoms with Crippen LogP contribution < -0.4 is 15.0 Å². The number of nitrogens with zero attached hydrogens (tertiary/aromatic N) is 3. The molecule has 3 aliphatic heterocycles. The largest absolute Gasteiger partial charge is 0.497 e. The standard InChI is InChI=1S/C27H34N4O4/c1-34-22-8-7-21-15-23(27(33)28-17-20-5-3-2-4-6-20)25-18-29(9-10-31(25)24(21)16-22)19-26(32)30-11-13-35-14-12-30/h2-8,16,23,25H,9-15,17-19H2,1H3,(H,28,33)/t23-,25+/m0/s1. The first-order chi connectivity index (χ1) is 17.1. The zero-order valence-corrected chi connectivity index (χ0v) is 20.3. The molecule has 2 atom stereocenters. The maximum absolute atomic E-state index is 13.5. The molecular formula is C27H34N4O4. The highest BCUT2D eigenvalue weighted by molar-refractivity contribution is 5.82. The highest BCUT2D eigenvalue weighted by Crippen LogP contribution is 2.38. The minimum absolute atomic E-state index is 0.00313. The van der Waals surface area contributed by atoms with Crippen LogP contribution in [0.2, 0.25) is 0 Å². The van der Waals surface area contributed by atoms with Gasteiger partial charge in [-0.05, 0) is 23.6 Å². The molecule has 2 aromatic carbocycles. The number of methoxy groups -OCH3 is 1. The van der Waals surface area contributed by atoms with Crippen LogP contribution in [-0.2, 0) is 27.3 Å². The first-order valence-corrected chi connectivity index (χ1v) is 12.5. The minimum atomic E-state index is -0.194. The van der Waals surface area contributed by atoms with Crippen LogP contribution in [0.15, 0.2) is 48.5 Å². The molecule has 186 valence electrons. The van der Waals surface area contributed by atoms with Crippen LogP contribution in [-0.4, -0.2) is 87.2 Å². The number of hydrogen-bond donors (Lipinski definition) is 1. The first kappa shape index (κ1) is 23.6. The molecular weight excluding hydrogens is 444 g/mol. The lowest BCUT2D eigenvalue weighted by Gasteiger charge is -2.49. The fourth-order valence-electron chi connectivity index (χ4n) is 5.43. The average Bonchev–Trinajstić information content (AvgIpc) is 2.92. The zero-order chi connectivity index (χ0) is 24.2. The van der Waals surface area contributed by atoms with Crippen molar-refractivity contribution in [2.45, 2.75) is 19.0 Å². The Bertz CT molecular complexity index is 1040.